The predicted octanol–water partition coefficient (Wildman–Crippen LogP) is 3.05. The fraction of sp³-hybridized carbons (Fsp3) is 0.625. The number of rotatable bonds is 5. The molecule has 2 nitrogen and oxygen atoms in total. The molecule has 0 amide bonds. The number of hydrogen-bond donors (Lipinski definition) is 0. The molecular weight excluding hydrogens is 331 g/mol. The Balaban J connectivity index is 2.15. The van der Waals surface area contributed by atoms with E-state index in [1.54, 1.807) is 0 Å². The molecule has 0 spiro atoms. The van der Waals surface area contributed by atoms with Gasteiger partial charge >= 0.3 is 0 Å². The highest BCUT2D eigenvalue weighted by atomic mass is 127. The van der Waals surface area contributed by atoms with Crippen LogP contribution in [-0.2, 0) is 6.54 Å². The third kappa shape index (κ3) is 3.89. The number of alkyl halides is 1. The van der Waals surface area contributed by atoms with Crippen molar-refractivity contribution in [3.05, 3.63) is 16.0 Å². The minimum atomic E-state index is 1.05. The zero-order valence-electron chi connectivity index (χ0n) is 6.84. The first-order chi connectivity index (χ1) is 5.83. The highest BCUT2D eigenvalue weighted by molar-refractivity contribution is 14.1. The molecule has 68 valence electrons. The number of hydrogen-bond acceptors (Lipinski definition) is 1. The smallest absolute Gasteiger partial charge is 0.0623 e. The molecular formula is C8H12BrIN2. The van der Waals surface area contributed by atoms with Crippen molar-refractivity contribution in [1.29, 1.82) is 0 Å². The van der Waals surface area contributed by atoms with Gasteiger partial charge in [0.05, 0.1) is 9.77 Å². The monoisotopic (exact) mass is 342 g/mol. The van der Waals surface area contributed by atoms with Crippen LogP contribution in [0.4, 0.5) is 0 Å². The van der Waals surface area contributed by atoms with Gasteiger partial charge in [-0.05, 0) is 35.4 Å². The van der Waals surface area contributed by atoms with Crippen molar-refractivity contribution in [3.63, 3.8) is 0 Å². The summed E-state index contributed by atoms with van der Waals surface area (Å²) in [6, 6.07) is 0. The zero-order chi connectivity index (χ0) is 8.81. The van der Waals surface area contributed by atoms with Gasteiger partial charge in [-0.15, -0.1) is 0 Å². The maximum Gasteiger partial charge on any atom is 0.0623 e. The standard InChI is InChI=1S/C8H12BrIN2/c9-4-2-1-3-5-12-7-8(10)6-11-12/h6-7H,1-5H2. The fourth-order valence-electron chi connectivity index (χ4n) is 1.01. The lowest BCUT2D eigenvalue weighted by molar-refractivity contribution is 0.555. The van der Waals surface area contributed by atoms with Gasteiger partial charge in [0.1, 0.15) is 0 Å². The molecule has 0 bridgehead atoms. The van der Waals surface area contributed by atoms with Crippen molar-refractivity contribution in [3.8, 4) is 0 Å². The normalized spacial score (nSPS) is 10.5. The van der Waals surface area contributed by atoms with E-state index in [1.165, 1.54) is 22.8 Å². The van der Waals surface area contributed by atoms with E-state index in [0.29, 0.717) is 0 Å². The molecule has 1 aromatic rings. The van der Waals surface area contributed by atoms with Crippen LogP contribution >= 0.6 is 38.5 Å². The molecule has 0 N–H and O–H groups in total. The van der Waals surface area contributed by atoms with Gasteiger partial charge in [0.25, 0.3) is 0 Å². The second kappa shape index (κ2) is 5.96. The molecule has 0 aliphatic rings. The topological polar surface area (TPSA) is 17.8 Å². The van der Waals surface area contributed by atoms with Crippen molar-refractivity contribution < 1.29 is 0 Å². The van der Waals surface area contributed by atoms with E-state index in [0.717, 1.165) is 11.9 Å². The molecule has 0 aliphatic heterocycles. The van der Waals surface area contributed by atoms with Gasteiger partial charge in [-0.3, -0.25) is 4.68 Å². The van der Waals surface area contributed by atoms with Gasteiger partial charge in [-0.2, -0.15) is 5.10 Å². The van der Waals surface area contributed by atoms with Crippen molar-refractivity contribution in [2.24, 2.45) is 0 Å². The molecule has 0 saturated carbocycles. The van der Waals surface area contributed by atoms with Gasteiger partial charge in [0.2, 0.25) is 0 Å². The van der Waals surface area contributed by atoms with Crippen LogP contribution in [0.2, 0.25) is 0 Å². The highest BCUT2D eigenvalue weighted by Gasteiger charge is 1.94. The maximum atomic E-state index is 4.21. The first-order valence-electron chi connectivity index (χ1n) is 4.07. The van der Waals surface area contributed by atoms with Crippen LogP contribution in [0, 0.1) is 3.57 Å². The van der Waals surface area contributed by atoms with Gasteiger partial charge < -0.3 is 0 Å². The van der Waals surface area contributed by atoms with Crippen LogP contribution < -0.4 is 0 Å². The Bertz CT molecular complexity index is 225. The average Bonchev–Trinajstić information content (AvgIpc) is 2.45. The summed E-state index contributed by atoms with van der Waals surface area (Å²) >= 11 is 5.69. The summed E-state index contributed by atoms with van der Waals surface area (Å²) in [7, 11) is 0. The fourth-order valence-corrected chi connectivity index (χ4v) is 1.85. The molecule has 1 heterocycles. The molecule has 0 aromatic carbocycles. The summed E-state index contributed by atoms with van der Waals surface area (Å²) < 4.78 is 3.23. The van der Waals surface area contributed by atoms with E-state index < -0.39 is 0 Å². The van der Waals surface area contributed by atoms with Gasteiger partial charge in [-0.25, -0.2) is 0 Å². The van der Waals surface area contributed by atoms with Crippen LogP contribution in [0.3, 0.4) is 0 Å². The molecule has 0 radical (unpaired) electrons. The lowest BCUT2D eigenvalue weighted by Gasteiger charge is -1.99. The van der Waals surface area contributed by atoms with E-state index in [1.807, 2.05) is 10.9 Å². The SMILES string of the molecule is BrCCCCCn1cc(I)cn1. The molecule has 0 saturated heterocycles. The third-order valence-corrected chi connectivity index (χ3v) is 2.74. The Morgan fingerprint density at radius 3 is 2.83 bits per heavy atom. The molecule has 1 rings (SSSR count). The van der Waals surface area contributed by atoms with E-state index in [2.05, 4.69) is 49.8 Å². The van der Waals surface area contributed by atoms with Gasteiger partial charge in [0.15, 0.2) is 0 Å². The first-order valence-corrected chi connectivity index (χ1v) is 6.27. The largest absolute Gasteiger partial charge is 0.272 e. The Labute approximate surface area is 95.0 Å². The highest BCUT2D eigenvalue weighted by Crippen LogP contribution is 2.04. The van der Waals surface area contributed by atoms with Crippen molar-refractivity contribution >= 4 is 38.5 Å². The molecule has 1 aromatic heterocycles. The quantitative estimate of drug-likeness (QED) is 0.457. The third-order valence-electron chi connectivity index (χ3n) is 1.62. The van der Waals surface area contributed by atoms with Crippen LogP contribution in [-0.4, -0.2) is 15.1 Å². The number of nitrogens with zero attached hydrogens (tertiary/aromatic N) is 2. The van der Waals surface area contributed by atoms with E-state index in [-0.39, 0.29) is 0 Å². The summed E-state index contributed by atoms with van der Waals surface area (Å²) in [5.74, 6) is 0. The van der Waals surface area contributed by atoms with Gasteiger partial charge in [0, 0.05) is 18.1 Å². The lowest BCUT2D eigenvalue weighted by Crippen LogP contribution is -1.97. The van der Waals surface area contributed by atoms with E-state index in [4.69, 9.17) is 0 Å². The number of aromatic nitrogens is 2. The van der Waals surface area contributed by atoms with Crippen LogP contribution in [0.1, 0.15) is 19.3 Å². The summed E-state index contributed by atoms with van der Waals surface area (Å²) in [4.78, 5) is 0. The molecule has 12 heavy (non-hydrogen) atoms. The van der Waals surface area contributed by atoms with E-state index >= 15 is 0 Å². The second-order valence-corrected chi connectivity index (χ2v) is 4.71. The Morgan fingerprint density at radius 1 is 1.42 bits per heavy atom. The van der Waals surface area contributed by atoms with Crippen LogP contribution in [0.15, 0.2) is 12.4 Å². The summed E-state index contributed by atoms with van der Waals surface area (Å²) in [6.45, 7) is 1.05. The summed E-state index contributed by atoms with van der Waals surface area (Å²) in [6.07, 6.45) is 7.74. The number of halogens is 2. The molecule has 0 aliphatic carbocycles. The molecule has 4 heteroatoms. The van der Waals surface area contributed by atoms with Gasteiger partial charge in [-0.1, -0.05) is 22.4 Å². The van der Waals surface area contributed by atoms with E-state index in [9.17, 15) is 0 Å². The average molecular weight is 343 g/mol. The minimum absolute atomic E-state index is 1.05. The zero-order valence-corrected chi connectivity index (χ0v) is 10.6. The Hall–Kier alpha value is 0.420. The predicted molar refractivity (Wildman–Crippen MR) is 62.6 cm³/mol. The van der Waals surface area contributed by atoms with Crippen LogP contribution in [0.25, 0.3) is 0 Å². The Morgan fingerprint density at radius 2 is 2.25 bits per heavy atom. The second-order valence-electron chi connectivity index (χ2n) is 2.67. The minimum Gasteiger partial charge on any atom is -0.272 e. The van der Waals surface area contributed by atoms with Crippen LogP contribution in [0.5, 0.6) is 0 Å². The molecule has 0 unspecified atom stereocenters. The van der Waals surface area contributed by atoms with Crippen molar-refractivity contribution in [1.82, 2.24) is 9.78 Å². The van der Waals surface area contributed by atoms with Crippen molar-refractivity contribution in [2.45, 2.75) is 25.8 Å². The maximum absolute atomic E-state index is 4.21. The summed E-state index contributed by atoms with van der Waals surface area (Å²) in [5.41, 5.74) is 0. The number of aryl methyl sites for hydroxylation is 1. The lowest BCUT2D eigenvalue weighted by atomic mass is 10.2. The Kier molecular flexibility index (Phi) is 5.22. The molecule has 0 atom stereocenters. The van der Waals surface area contributed by atoms with Crippen molar-refractivity contribution in [2.75, 3.05) is 5.33 Å². The molecule has 0 fully saturated rings. The summed E-state index contributed by atoms with van der Waals surface area (Å²) in [5, 5.41) is 5.33. The number of unbranched alkanes of at least 4 members (excludes halogenated alkanes) is 2. The first kappa shape index (κ1) is 10.5.